The number of hydrogen-bond donors (Lipinski definition) is 1. The Balaban J connectivity index is 2.04. The van der Waals surface area contributed by atoms with Crippen LogP contribution in [0.15, 0.2) is 23.6 Å². The number of nitrogens with zero attached hydrogens (tertiary/aromatic N) is 1. The predicted octanol–water partition coefficient (Wildman–Crippen LogP) is 3.00. The molecule has 0 amide bonds. The van der Waals surface area contributed by atoms with Crippen molar-refractivity contribution >= 4 is 28.0 Å². The topological polar surface area (TPSA) is 64.8 Å². The van der Waals surface area contributed by atoms with Crippen molar-refractivity contribution in [3.63, 3.8) is 0 Å². The van der Waals surface area contributed by atoms with E-state index in [1.165, 1.54) is 11.3 Å². The molecule has 2 N–H and O–H groups in total. The molecule has 116 valence electrons. The molecule has 0 radical (unpaired) electrons. The number of nitrogen functional groups attached to an aromatic ring is 1. The van der Waals surface area contributed by atoms with Crippen LogP contribution in [0, 0.1) is 0 Å². The number of anilines is 2. The van der Waals surface area contributed by atoms with Crippen molar-refractivity contribution in [3.8, 4) is 16.9 Å². The summed E-state index contributed by atoms with van der Waals surface area (Å²) in [7, 11) is 2.04. The van der Waals surface area contributed by atoms with Gasteiger partial charge in [0.15, 0.2) is 0 Å². The second kappa shape index (κ2) is 5.88. The maximum absolute atomic E-state index is 12.1. The van der Waals surface area contributed by atoms with Gasteiger partial charge in [0.05, 0.1) is 18.8 Å². The van der Waals surface area contributed by atoms with E-state index in [0.29, 0.717) is 23.8 Å². The van der Waals surface area contributed by atoms with Crippen molar-refractivity contribution < 1.29 is 14.3 Å². The fourth-order valence-electron chi connectivity index (χ4n) is 2.52. The summed E-state index contributed by atoms with van der Waals surface area (Å²) in [5.41, 5.74) is 9.14. The molecule has 0 aliphatic carbocycles. The Morgan fingerprint density at radius 1 is 1.50 bits per heavy atom. The van der Waals surface area contributed by atoms with Crippen molar-refractivity contribution in [2.24, 2.45) is 0 Å². The maximum Gasteiger partial charge on any atom is 0.341 e. The standard InChI is InChI=1S/C16H18N2O3S/c1-3-20-16(19)14-11(9-22-15(14)17)10-4-5-12-13(8-10)21-7-6-18(12)2/h4-5,8-9H,3,6-7,17H2,1-2H3. The van der Waals surface area contributed by atoms with Crippen molar-refractivity contribution in [2.45, 2.75) is 6.92 Å². The van der Waals surface area contributed by atoms with E-state index in [-0.39, 0.29) is 5.97 Å². The van der Waals surface area contributed by atoms with Gasteiger partial charge in [0.2, 0.25) is 0 Å². The van der Waals surface area contributed by atoms with Crippen LogP contribution in [0.25, 0.3) is 11.1 Å². The van der Waals surface area contributed by atoms with E-state index >= 15 is 0 Å². The van der Waals surface area contributed by atoms with Crippen LogP contribution in [0.1, 0.15) is 17.3 Å². The summed E-state index contributed by atoms with van der Waals surface area (Å²) in [5.74, 6) is 0.442. The molecule has 0 fully saturated rings. The molecule has 1 aromatic heterocycles. The first-order chi connectivity index (χ1) is 10.6. The zero-order valence-corrected chi connectivity index (χ0v) is 13.4. The number of benzene rings is 1. The minimum Gasteiger partial charge on any atom is -0.490 e. The maximum atomic E-state index is 12.1. The smallest absolute Gasteiger partial charge is 0.341 e. The Morgan fingerprint density at radius 3 is 3.09 bits per heavy atom. The molecule has 1 aliphatic rings. The Morgan fingerprint density at radius 2 is 2.32 bits per heavy atom. The summed E-state index contributed by atoms with van der Waals surface area (Å²) in [4.78, 5) is 14.3. The van der Waals surface area contributed by atoms with Crippen molar-refractivity contribution in [2.75, 3.05) is 37.4 Å². The van der Waals surface area contributed by atoms with Crippen molar-refractivity contribution in [3.05, 3.63) is 29.1 Å². The summed E-state index contributed by atoms with van der Waals surface area (Å²) >= 11 is 1.34. The fourth-order valence-corrected chi connectivity index (χ4v) is 3.33. The first-order valence-corrected chi connectivity index (χ1v) is 8.02. The lowest BCUT2D eigenvalue weighted by molar-refractivity contribution is 0.0529. The predicted molar refractivity (Wildman–Crippen MR) is 88.9 cm³/mol. The number of carbonyl (C=O) groups is 1. The van der Waals surface area contributed by atoms with E-state index in [1.807, 2.05) is 30.6 Å². The Kier molecular flexibility index (Phi) is 3.94. The molecule has 22 heavy (non-hydrogen) atoms. The molecule has 1 aromatic carbocycles. The van der Waals surface area contributed by atoms with Gasteiger partial charge in [-0.1, -0.05) is 6.07 Å². The highest BCUT2D eigenvalue weighted by Crippen LogP contribution is 2.39. The second-order valence-corrected chi connectivity index (χ2v) is 5.97. The van der Waals surface area contributed by atoms with Gasteiger partial charge in [-0.3, -0.25) is 0 Å². The average Bonchev–Trinajstić information content (AvgIpc) is 2.89. The van der Waals surface area contributed by atoms with E-state index in [0.717, 1.165) is 29.1 Å². The highest BCUT2D eigenvalue weighted by molar-refractivity contribution is 7.14. The highest BCUT2D eigenvalue weighted by atomic mass is 32.1. The summed E-state index contributed by atoms with van der Waals surface area (Å²) < 4.78 is 10.8. The minimum absolute atomic E-state index is 0.325. The molecule has 0 bridgehead atoms. The number of thiophene rings is 1. The number of nitrogens with two attached hydrogens (primary N) is 1. The van der Waals surface area contributed by atoms with Crippen LogP contribution in [0.4, 0.5) is 10.7 Å². The average molecular weight is 318 g/mol. The largest absolute Gasteiger partial charge is 0.490 e. The molecular weight excluding hydrogens is 300 g/mol. The van der Waals surface area contributed by atoms with Gasteiger partial charge in [-0.25, -0.2) is 4.79 Å². The lowest BCUT2D eigenvalue weighted by Gasteiger charge is -2.28. The number of esters is 1. The minimum atomic E-state index is -0.382. The van der Waals surface area contributed by atoms with Crippen LogP contribution in [0.2, 0.25) is 0 Å². The monoisotopic (exact) mass is 318 g/mol. The number of hydrogen-bond acceptors (Lipinski definition) is 6. The number of fused-ring (bicyclic) bond motifs is 1. The molecule has 1 aliphatic heterocycles. The van der Waals surface area contributed by atoms with Crippen LogP contribution in [0.5, 0.6) is 5.75 Å². The molecule has 0 saturated heterocycles. The SMILES string of the molecule is CCOC(=O)c1c(-c2ccc3c(c2)OCCN3C)csc1N. The lowest BCUT2D eigenvalue weighted by Crippen LogP contribution is -2.28. The Hall–Kier alpha value is -2.21. The van der Waals surface area contributed by atoms with Gasteiger partial charge in [0.1, 0.15) is 22.9 Å². The quantitative estimate of drug-likeness (QED) is 0.881. The van der Waals surface area contributed by atoms with Crippen LogP contribution in [-0.4, -0.2) is 32.8 Å². The number of ether oxygens (including phenoxy) is 2. The molecule has 3 rings (SSSR count). The van der Waals surface area contributed by atoms with Crippen LogP contribution < -0.4 is 15.4 Å². The highest BCUT2D eigenvalue weighted by Gasteiger charge is 2.22. The second-order valence-electron chi connectivity index (χ2n) is 5.06. The van der Waals surface area contributed by atoms with Gasteiger partial charge in [0.25, 0.3) is 0 Å². The third kappa shape index (κ3) is 2.50. The van der Waals surface area contributed by atoms with E-state index in [2.05, 4.69) is 4.90 Å². The summed E-state index contributed by atoms with van der Waals surface area (Å²) in [6, 6.07) is 5.94. The van der Waals surface area contributed by atoms with Gasteiger partial charge in [-0.05, 0) is 24.6 Å². The molecule has 5 nitrogen and oxygen atoms in total. The molecule has 2 aromatic rings. The summed E-state index contributed by atoms with van der Waals surface area (Å²) in [5, 5.41) is 2.36. The van der Waals surface area contributed by atoms with Gasteiger partial charge in [-0.15, -0.1) is 11.3 Å². The van der Waals surface area contributed by atoms with Gasteiger partial charge < -0.3 is 20.1 Å². The van der Waals surface area contributed by atoms with Crippen LogP contribution in [0.3, 0.4) is 0 Å². The zero-order chi connectivity index (χ0) is 15.7. The van der Waals surface area contributed by atoms with Gasteiger partial charge in [0, 0.05) is 18.0 Å². The van der Waals surface area contributed by atoms with E-state index in [1.54, 1.807) is 6.92 Å². The van der Waals surface area contributed by atoms with E-state index < -0.39 is 0 Å². The fraction of sp³-hybridized carbons (Fsp3) is 0.312. The molecule has 0 saturated carbocycles. The first-order valence-electron chi connectivity index (χ1n) is 7.14. The normalized spacial score (nSPS) is 13.5. The molecular formula is C16H18N2O3S. The van der Waals surface area contributed by atoms with Crippen molar-refractivity contribution in [1.29, 1.82) is 0 Å². The van der Waals surface area contributed by atoms with Crippen molar-refractivity contribution in [1.82, 2.24) is 0 Å². The van der Waals surface area contributed by atoms with Gasteiger partial charge >= 0.3 is 5.97 Å². The third-order valence-corrected chi connectivity index (χ3v) is 4.48. The summed E-state index contributed by atoms with van der Waals surface area (Å²) in [6.45, 7) is 3.63. The molecule has 0 spiro atoms. The Bertz CT molecular complexity index is 711. The number of rotatable bonds is 3. The van der Waals surface area contributed by atoms with E-state index in [4.69, 9.17) is 15.2 Å². The first kappa shape index (κ1) is 14.7. The third-order valence-electron chi connectivity index (χ3n) is 3.67. The number of carbonyl (C=O) groups excluding carboxylic acids is 1. The molecule has 2 heterocycles. The van der Waals surface area contributed by atoms with Crippen LogP contribution in [-0.2, 0) is 4.74 Å². The molecule has 6 heteroatoms. The lowest BCUT2D eigenvalue weighted by atomic mass is 10.0. The molecule has 0 unspecified atom stereocenters. The Labute approximate surface area is 133 Å². The van der Waals surface area contributed by atoms with Crippen LogP contribution >= 0.6 is 11.3 Å². The number of likely N-dealkylation sites (N-methyl/N-ethyl adjacent to an activating group) is 1. The van der Waals surface area contributed by atoms with E-state index in [9.17, 15) is 4.79 Å². The molecule has 0 atom stereocenters. The van der Waals surface area contributed by atoms with Gasteiger partial charge in [-0.2, -0.15) is 0 Å². The summed E-state index contributed by atoms with van der Waals surface area (Å²) in [6.07, 6.45) is 0. The zero-order valence-electron chi connectivity index (χ0n) is 12.6.